The first-order valence-corrected chi connectivity index (χ1v) is 14.2. The maximum absolute atomic E-state index is 12.3. The summed E-state index contributed by atoms with van der Waals surface area (Å²) in [7, 11) is -3.25. The van der Waals surface area contributed by atoms with E-state index in [0.717, 1.165) is 0 Å². The second-order valence-electron chi connectivity index (χ2n) is 7.20. The van der Waals surface area contributed by atoms with Gasteiger partial charge in [-0.15, -0.1) is 11.1 Å². The third-order valence-electron chi connectivity index (χ3n) is 2.52. The molecule has 0 radical (unpaired) electrons. The van der Waals surface area contributed by atoms with Crippen molar-refractivity contribution in [1.82, 2.24) is 0 Å². The third kappa shape index (κ3) is 6.26. The lowest BCUT2D eigenvalue weighted by Crippen LogP contribution is -2.18. The van der Waals surface area contributed by atoms with Gasteiger partial charge < -0.3 is 0 Å². The number of ketones is 2. The van der Waals surface area contributed by atoms with E-state index in [0.29, 0.717) is 11.1 Å². The first kappa shape index (κ1) is 18.2. The molecule has 0 saturated heterocycles. The van der Waals surface area contributed by atoms with Crippen LogP contribution in [-0.4, -0.2) is 27.7 Å². The van der Waals surface area contributed by atoms with Gasteiger partial charge >= 0.3 is 0 Å². The Morgan fingerprint density at radius 1 is 0.727 bits per heavy atom. The number of Topliss-reactive ketones (excluding diaryl/α,β-unsaturated/α-hetero) is 2. The maximum Gasteiger partial charge on any atom is 0.236 e. The highest BCUT2D eigenvalue weighted by atomic mass is 28.3. The minimum absolute atomic E-state index is 0.304. The Balaban J connectivity index is 3.19. The summed E-state index contributed by atoms with van der Waals surface area (Å²) in [6, 6.07) is 6.77. The van der Waals surface area contributed by atoms with Crippen molar-refractivity contribution in [2.24, 2.45) is 0 Å². The van der Waals surface area contributed by atoms with Gasteiger partial charge in [0, 0.05) is 11.1 Å². The molecule has 0 saturated carbocycles. The van der Waals surface area contributed by atoms with Crippen LogP contribution >= 0.6 is 0 Å². The molecule has 0 spiro atoms. The molecule has 4 heteroatoms. The third-order valence-corrected chi connectivity index (χ3v) is 4.27. The minimum Gasteiger partial charge on any atom is -0.279 e. The molecule has 114 valence electrons. The van der Waals surface area contributed by atoms with Crippen molar-refractivity contribution < 1.29 is 9.59 Å². The predicted octanol–water partition coefficient (Wildman–Crippen LogP) is 3.81. The van der Waals surface area contributed by atoms with Crippen LogP contribution in [0.3, 0.4) is 0 Å². The Labute approximate surface area is 135 Å². The number of hydrogen-bond acceptors (Lipinski definition) is 2. The summed E-state index contributed by atoms with van der Waals surface area (Å²) in [4.78, 5) is 24.5. The molecule has 1 aromatic carbocycles. The van der Waals surface area contributed by atoms with E-state index in [1.807, 2.05) is 0 Å². The zero-order valence-corrected chi connectivity index (χ0v) is 16.1. The van der Waals surface area contributed by atoms with E-state index >= 15 is 0 Å². The smallest absolute Gasteiger partial charge is 0.236 e. The molecule has 0 heterocycles. The van der Waals surface area contributed by atoms with E-state index in [-0.39, 0.29) is 11.6 Å². The molecule has 0 aromatic heterocycles. The molecule has 0 aliphatic carbocycles. The lowest BCUT2D eigenvalue weighted by atomic mass is 10.0. The number of carbonyl (C=O) groups is 2. The zero-order chi connectivity index (χ0) is 17.0. The summed E-state index contributed by atoms with van der Waals surface area (Å²) in [6.45, 7) is 12.4. The highest BCUT2D eigenvalue weighted by Crippen LogP contribution is 2.11. The SMILES string of the molecule is C[Si](C)(C)C#CC(=O)c1ccccc1C(=O)C#C[Si](C)(C)C. The minimum atomic E-state index is -1.63. The van der Waals surface area contributed by atoms with Gasteiger partial charge in [0.1, 0.15) is 16.1 Å². The Hall–Kier alpha value is -1.89. The van der Waals surface area contributed by atoms with Crippen LogP contribution in [0.15, 0.2) is 24.3 Å². The molecule has 0 unspecified atom stereocenters. The molecule has 0 amide bonds. The zero-order valence-electron chi connectivity index (χ0n) is 14.1. The summed E-state index contributed by atoms with van der Waals surface area (Å²) >= 11 is 0. The Morgan fingerprint density at radius 2 is 1.05 bits per heavy atom. The lowest BCUT2D eigenvalue weighted by Gasteiger charge is -2.05. The van der Waals surface area contributed by atoms with E-state index in [4.69, 9.17) is 0 Å². The molecule has 22 heavy (non-hydrogen) atoms. The molecule has 0 aliphatic heterocycles. The van der Waals surface area contributed by atoms with Crippen molar-refractivity contribution in [2.45, 2.75) is 39.3 Å². The predicted molar refractivity (Wildman–Crippen MR) is 97.3 cm³/mol. The molecule has 0 fully saturated rings. The molecule has 0 bridgehead atoms. The standard InChI is InChI=1S/C18H22O2Si2/c1-21(2,3)13-11-17(19)15-9-7-8-10-16(15)18(20)12-14-22(4,5)6/h7-10H,1-6H3. The van der Waals surface area contributed by atoms with Crippen molar-refractivity contribution in [3.05, 3.63) is 35.4 Å². The van der Waals surface area contributed by atoms with Crippen LogP contribution in [0.2, 0.25) is 39.3 Å². The summed E-state index contributed by atoms with van der Waals surface area (Å²) in [5, 5.41) is 0. The Kier molecular flexibility index (Phi) is 5.71. The van der Waals surface area contributed by atoms with Gasteiger partial charge in [0.05, 0.1) is 0 Å². The molecule has 1 rings (SSSR count). The topological polar surface area (TPSA) is 34.1 Å². The summed E-state index contributed by atoms with van der Waals surface area (Å²) < 4.78 is 0. The van der Waals surface area contributed by atoms with Gasteiger partial charge in [0.25, 0.3) is 0 Å². The van der Waals surface area contributed by atoms with Gasteiger partial charge in [0.15, 0.2) is 0 Å². The van der Waals surface area contributed by atoms with Crippen molar-refractivity contribution in [2.75, 3.05) is 0 Å². The fourth-order valence-electron chi connectivity index (χ4n) is 1.50. The Bertz CT molecular complexity index is 649. The van der Waals surface area contributed by atoms with Crippen molar-refractivity contribution >= 4 is 27.7 Å². The average Bonchev–Trinajstić information content (AvgIpc) is 2.40. The quantitative estimate of drug-likeness (QED) is 0.470. The van der Waals surface area contributed by atoms with E-state index < -0.39 is 16.1 Å². The summed E-state index contributed by atoms with van der Waals surface area (Å²) in [5.41, 5.74) is 6.78. The molecule has 1 aromatic rings. The first-order valence-electron chi connectivity index (χ1n) is 7.24. The van der Waals surface area contributed by atoms with E-state index in [1.165, 1.54) is 0 Å². The first-order chi connectivity index (χ1) is 9.99. The molecule has 0 atom stereocenters. The highest BCUT2D eigenvalue weighted by Gasteiger charge is 2.16. The normalized spacial score (nSPS) is 10.8. The molecular weight excluding hydrogens is 304 g/mol. The van der Waals surface area contributed by atoms with E-state index in [2.05, 4.69) is 62.2 Å². The monoisotopic (exact) mass is 326 g/mol. The lowest BCUT2D eigenvalue weighted by molar-refractivity contribution is 0.102. The second-order valence-corrected chi connectivity index (χ2v) is 16.7. The molecule has 0 N–H and O–H groups in total. The van der Waals surface area contributed by atoms with Gasteiger partial charge in [-0.3, -0.25) is 9.59 Å². The van der Waals surface area contributed by atoms with Crippen molar-refractivity contribution in [1.29, 1.82) is 0 Å². The average molecular weight is 327 g/mol. The van der Waals surface area contributed by atoms with E-state index in [9.17, 15) is 9.59 Å². The van der Waals surface area contributed by atoms with Gasteiger partial charge in [-0.25, -0.2) is 0 Å². The summed E-state index contributed by atoms with van der Waals surface area (Å²) in [6.07, 6.45) is 0. The van der Waals surface area contributed by atoms with Gasteiger partial charge in [-0.05, 0) is 24.0 Å². The van der Waals surface area contributed by atoms with Crippen molar-refractivity contribution in [3.8, 4) is 22.9 Å². The van der Waals surface area contributed by atoms with Gasteiger partial charge in [-0.1, -0.05) is 51.4 Å². The fourth-order valence-corrected chi connectivity index (χ4v) is 2.48. The molecular formula is C18H22O2Si2. The Morgan fingerprint density at radius 3 is 1.32 bits per heavy atom. The van der Waals surface area contributed by atoms with Crippen molar-refractivity contribution in [3.63, 3.8) is 0 Å². The fraction of sp³-hybridized carbons (Fsp3) is 0.333. The second kappa shape index (κ2) is 6.92. The maximum atomic E-state index is 12.3. The number of carbonyl (C=O) groups excluding carboxylic acids is 2. The van der Waals surface area contributed by atoms with Crippen LogP contribution in [-0.2, 0) is 0 Å². The van der Waals surface area contributed by atoms with Crippen LogP contribution in [0, 0.1) is 22.9 Å². The molecule has 2 nitrogen and oxygen atoms in total. The van der Waals surface area contributed by atoms with Crippen LogP contribution in [0.25, 0.3) is 0 Å². The van der Waals surface area contributed by atoms with Crippen LogP contribution in [0.1, 0.15) is 20.7 Å². The molecule has 0 aliphatic rings. The number of benzene rings is 1. The number of hydrogen-bond donors (Lipinski definition) is 0. The largest absolute Gasteiger partial charge is 0.279 e. The van der Waals surface area contributed by atoms with Crippen LogP contribution in [0.5, 0.6) is 0 Å². The number of rotatable bonds is 2. The highest BCUT2D eigenvalue weighted by molar-refractivity contribution is 6.84. The summed E-state index contributed by atoms with van der Waals surface area (Å²) in [5.74, 6) is 4.77. The van der Waals surface area contributed by atoms with Crippen LogP contribution < -0.4 is 0 Å². The van der Waals surface area contributed by atoms with E-state index in [1.54, 1.807) is 24.3 Å². The van der Waals surface area contributed by atoms with Crippen LogP contribution in [0.4, 0.5) is 0 Å². The van der Waals surface area contributed by atoms with Gasteiger partial charge in [0.2, 0.25) is 11.6 Å². The van der Waals surface area contributed by atoms with Gasteiger partial charge in [-0.2, -0.15) is 0 Å².